The number of fused-ring (bicyclic) bond motifs is 1. The summed E-state index contributed by atoms with van der Waals surface area (Å²) in [6, 6.07) is 1.85. The van der Waals surface area contributed by atoms with Crippen molar-refractivity contribution in [2.45, 2.75) is 19.9 Å². The molecular weight excluding hydrogens is 166 g/mol. The smallest absolute Gasteiger partial charge is 0.163 e. The number of imidazole rings is 1. The Hall–Kier alpha value is -1.58. The average Bonchev–Trinajstić information content (AvgIpc) is 2.48. The van der Waals surface area contributed by atoms with Gasteiger partial charge in [-0.25, -0.2) is 9.97 Å². The zero-order chi connectivity index (χ0) is 9.42. The van der Waals surface area contributed by atoms with E-state index in [0.29, 0.717) is 11.6 Å². The van der Waals surface area contributed by atoms with E-state index in [1.165, 1.54) is 0 Å². The van der Waals surface area contributed by atoms with Crippen molar-refractivity contribution in [1.82, 2.24) is 14.5 Å². The van der Waals surface area contributed by atoms with Crippen LogP contribution in [0.15, 0.2) is 18.6 Å². The van der Waals surface area contributed by atoms with Crippen molar-refractivity contribution in [2.75, 3.05) is 0 Å². The first-order valence-corrected chi connectivity index (χ1v) is 4.20. The van der Waals surface area contributed by atoms with Crippen LogP contribution in [-0.4, -0.2) is 19.6 Å². The molecule has 4 heteroatoms. The molecule has 0 atom stereocenters. The third-order valence-corrected chi connectivity index (χ3v) is 2.00. The molecule has 0 aliphatic carbocycles. The van der Waals surface area contributed by atoms with Gasteiger partial charge in [-0.2, -0.15) is 0 Å². The number of pyridine rings is 1. The molecule has 2 heterocycles. The maximum absolute atomic E-state index is 9.45. The average molecular weight is 177 g/mol. The molecule has 0 spiro atoms. The fourth-order valence-electron chi connectivity index (χ4n) is 1.30. The van der Waals surface area contributed by atoms with Crippen molar-refractivity contribution in [3.05, 3.63) is 18.6 Å². The molecule has 13 heavy (non-hydrogen) atoms. The second-order valence-electron chi connectivity index (χ2n) is 3.25. The van der Waals surface area contributed by atoms with Crippen LogP contribution in [0.4, 0.5) is 0 Å². The van der Waals surface area contributed by atoms with Gasteiger partial charge < -0.3 is 9.67 Å². The van der Waals surface area contributed by atoms with Crippen molar-refractivity contribution >= 4 is 11.2 Å². The molecule has 0 unspecified atom stereocenters. The van der Waals surface area contributed by atoms with Gasteiger partial charge in [0.05, 0.1) is 6.33 Å². The number of hydrogen-bond donors (Lipinski definition) is 1. The van der Waals surface area contributed by atoms with Crippen LogP contribution in [0, 0.1) is 0 Å². The van der Waals surface area contributed by atoms with E-state index < -0.39 is 0 Å². The highest BCUT2D eigenvalue weighted by Gasteiger charge is 2.08. The van der Waals surface area contributed by atoms with Crippen LogP contribution >= 0.6 is 0 Å². The van der Waals surface area contributed by atoms with Gasteiger partial charge in [-0.15, -0.1) is 0 Å². The molecule has 0 aliphatic heterocycles. The highest BCUT2D eigenvalue weighted by molar-refractivity contribution is 5.77. The summed E-state index contributed by atoms with van der Waals surface area (Å²) >= 11 is 0. The third-order valence-electron chi connectivity index (χ3n) is 2.00. The van der Waals surface area contributed by atoms with Crippen LogP contribution in [-0.2, 0) is 0 Å². The van der Waals surface area contributed by atoms with Gasteiger partial charge in [0, 0.05) is 18.3 Å². The predicted molar refractivity (Wildman–Crippen MR) is 49.6 cm³/mol. The highest BCUT2D eigenvalue weighted by atomic mass is 16.3. The first-order valence-electron chi connectivity index (χ1n) is 4.20. The largest absolute Gasteiger partial charge is 0.505 e. The summed E-state index contributed by atoms with van der Waals surface area (Å²) in [5, 5.41) is 9.45. The predicted octanol–water partition coefficient (Wildman–Crippen LogP) is 1.72. The summed E-state index contributed by atoms with van der Waals surface area (Å²) in [6.07, 6.45) is 3.28. The number of aromatic hydroxyl groups is 1. The lowest BCUT2D eigenvalue weighted by atomic mass is 10.3. The fourth-order valence-corrected chi connectivity index (χ4v) is 1.30. The Morgan fingerprint density at radius 2 is 2.15 bits per heavy atom. The number of nitrogens with zero attached hydrogens (tertiary/aromatic N) is 3. The van der Waals surface area contributed by atoms with Gasteiger partial charge in [0.15, 0.2) is 5.65 Å². The van der Waals surface area contributed by atoms with Crippen molar-refractivity contribution in [3.8, 4) is 5.75 Å². The molecule has 0 aliphatic rings. The van der Waals surface area contributed by atoms with Crippen LogP contribution in [0.2, 0.25) is 0 Å². The Labute approximate surface area is 75.9 Å². The first-order chi connectivity index (χ1) is 6.20. The molecule has 0 amide bonds. The van der Waals surface area contributed by atoms with Gasteiger partial charge in [0.1, 0.15) is 11.3 Å². The lowest BCUT2D eigenvalue weighted by Gasteiger charge is -2.06. The summed E-state index contributed by atoms with van der Waals surface area (Å²) in [4.78, 5) is 8.25. The van der Waals surface area contributed by atoms with E-state index in [-0.39, 0.29) is 5.75 Å². The lowest BCUT2D eigenvalue weighted by molar-refractivity contribution is 0.480. The molecule has 2 rings (SSSR count). The van der Waals surface area contributed by atoms with Crippen molar-refractivity contribution in [2.24, 2.45) is 0 Å². The van der Waals surface area contributed by atoms with Gasteiger partial charge in [0.2, 0.25) is 0 Å². The van der Waals surface area contributed by atoms with E-state index in [1.54, 1.807) is 18.6 Å². The molecule has 0 radical (unpaired) electrons. The quantitative estimate of drug-likeness (QED) is 0.721. The molecule has 4 nitrogen and oxygen atoms in total. The van der Waals surface area contributed by atoms with Gasteiger partial charge in [-0.1, -0.05) is 0 Å². The van der Waals surface area contributed by atoms with E-state index in [1.807, 2.05) is 18.4 Å². The number of rotatable bonds is 1. The lowest BCUT2D eigenvalue weighted by Crippen LogP contribution is -1.99. The summed E-state index contributed by atoms with van der Waals surface area (Å²) in [5.74, 6) is 0.185. The molecule has 0 fully saturated rings. The molecule has 2 aromatic heterocycles. The Morgan fingerprint density at radius 1 is 1.38 bits per heavy atom. The Bertz CT molecular complexity index is 433. The topological polar surface area (TPSA) is 50.9 Å². The van der Waals surface area contributed by atoms with Crippen molar-refractivity contribution in [1.29, 1.82) is 0 Å². The van der Waals surface area contributed by atoms with Crippen molar-refractivity contribution in [3.63, 3.8) is 0 Å². The molecule has 68 valence electrons. The van der Waals surface area contributed by atoms with E-state index >= 15 is 0 Å². The maximum Gasteiger partial charge on any atom is 0.163 e. The van der Waals surface area contributed by atoms with E-state index in [4.69, 9.17) is 0 Å². The second kappa shape index (κ2) is 2.73. The minimum atomic E-state index is 0.185. The van der Waals surface area contributed by atoms with Gasteiger partial charge in [0.25, 0.3) is 0 Å². The normalized spacial score (nSPS) is 11.3. The highest BCUT2D eigenvalue weighted by Crippen LogP contribution is 2.22. The summed E-state index contributed by atoms with van der Waals surface area (Å²) < 4.78 is 1.93. The van der Waals surface area contributed by atoms with Crippen molar-refractivity contribution < 1.29 is 5.11 Å². The molecule has 0 bridgehead atoms. The summed E-state index contributed by atoms with van der Waals surface area (Å²) in [7, 11) is 0. The SMILES string of the molecule is CC(C)n1cnc2c(O)ccnc21. The zero-order valence-corrected chi connectivity index (χ0v) is 7.60. The Kier molecular flexibility index (Phi) is 1.69. The molecular formula is C9H11N3O. The zero-order valence-electron chi connectivity index (χ0n) is 7.60. The first kappa shape index (κ1) is 8.04. The second-order valence-corrected chi connectivity index (χ2v) is 3.25. The molecule has 1 N–H and O–H groups in total. The van der Waals surface area contributed by atoms with E-state index in [0.717, 1.165) is 5.65 Å². The number of hydrogen-bond acceptors (Lipinski definition) is 3. The molecule has 0 saturated carbocycles. The Balaban J connectivity index is 2.75. The van der Waals surface area contributed by atoms with E-state index in [2.05, 4.69) is 9.97 Å². The van der Waals surface area contributed by atoms with Crippen LogP contribution in [0.1, 0.15) is 19.9 Å². The van der Waals surface area contributed by atoms with Crippen LogP contribution in [0.3, 0.4) is 0 Å². The third kappa shape index (κ3) is 1.14. The van der Waals surface area contributed by atoms with Crippen LogP contribution < -0.4 is 0 Å². The Morgan fingerprint density at radius 3 is 2.85 bits per heavy atom. The summed E-state index contributed by atoms with van der Waals surface area (Å²) in [6.45, 7) is 4.10. The molecule has 2 aromatic rings. The minimum absolute atomic E-state index is 0.185. The summed E-state index contributed by atoms with van der Waals surface area (Å²) in [5.41, 5.74) is 1.30. The van der Waals surface area contributed by atoms with Gasteiger partial charge in [-0.05, 0) is 13.8 Å². The van der Waals surface area contributed by atoms with Crippen LogP contribution in [0.25, 0.3) is 11.2 Å². The van der Waals surface area contributed by atoms with Crippen LogP contribution in [0.5, 0.6) is 5.75 Å². The minimum Gasteiger partial charge on any atom is -0.505 e. The molecule has 0 aromatic carbocycles. The number of aromatic nitrogens is 3. The van der Waals surface area contributed by atoms with E-state index in [9.17, 15) is 5.11 Å². The monoisotopic (exact) mass is 177 g/mol. The van der Waals surface area contributed by atoms with Gasteiger partial charge in [-0.3, -0.25) is 0 Å². The fraction of sp³-hybridized carbons (Fsp3) is 0.333. The maximum atomic E-state index is 9.45. The van der Waals surface area contributed by atoms with Gasteiger partial charge >= 0.3 is 0 Å². The standard InChI is InChI=1S/C9H11N3O/c1-6(2)12-5-11-8-7(13)3-4-10-9(8)12/h3-6H,1-2H3,(H,10,13). The molecule has 0 saturated heterocycles.